The first-order valence-corrected chi connectivity index (χ1v) is 5.73. The van der Waals surface area contributed by atoms with Gasteiger partial charge in [-0.1, -0.05) is 6.92 Å². The Balaban J connectivity index is 2.29. The Morgan fingerprint density at radius 3 is 2.94 bits per heavy atom. The van der Waals surface area contributed by atoms with E-state index < -0.39 is 11.5 Å². The van der Waals surface area contributed by atoms with Gasteiger partial charge in [0.15, 0.2) is 0 Å². The second kappa shape index (κ2) is 3.91. The first-order chi connectivity index (χ1) is 7.62. The van der Waals surface area contributed by atoms with E-state index in [2.05, 4.69) is 11.1 Å². The molecule has 1 saturated carbocycles. The third-order valence-electron chi connectivity index (χ3n) is 3.51. The van der Waals surface area contributed by atoms with Crippen molar-refractivity contribution < 1.29 is 5.11 Å². The first-order valence-electron chi connectivity index (χ1n) is 5.73. The second-order valence-electron chi connectivity index (χ2n) is 4.74. The molecule has 4 nitrogen and oxygen atoms in total. The second-order valence-corrected chi connectivity index (χ2v) is 4.74. The zero-order valence-electron chi connectivity index (χ0n) is 9.72. The largest absolute Gasteiger partial charge is 0.385 e. The van der Waals surface area contributed by atoms with Crippen LogP contribution >= 0.6 is 0 Å². The van der Waals surface area contributed by atoms with Gasteiger partial charge in [-0.25, -0.2) is 4.98 Å². The SMILES string of the molecule is CCC(C)(C#N)C(O)c1cncn1C1CC1. The van der Waals surface area contributed by atoms with Crippen molar-refractivity contribution in [2.45, 2.75) is 45.3 Å². The lowest BCUT2D eigenvalue weighted by Crippen LogP contribution is -2.25. The molecule has 1 aliphatic rings. The molecular weight excluding hydrogens is 202 g/mol. The maximum absolute atomic E-state index is 10.3. The van der Waals surface area contributed by atoms with Gasteiger partial charge in [-0.3, -0.25) is 0 Å². The summed E-state index contributed by atoms with van der Waals surface area (Å²) < 4.78 is 2.01. The molecule has 2 unspecified atom stereocenters. The molecule has 0 amide bonds. The van der Waals surface area contributed by atoms with Gasteiger partial charge in [0.05, 0.1) is 29.7 Å². The zero-order chi connectivity index (χ0) is 11.8. The van der Waals surface area contributed by atoms with Gasteiger partial charge in [-0.2, -0.15) is 5.26 Å². The van der Waals surface area contributed by atoms with Gasteiger partial charge in [0.1, 0.15) is 6.10 Å². The molecule has 16 heavy (non-hydrogen) atoms. The van der Waals surface area contributed by atoms with Crippen LogP contribution in [0.5, 0.6) is 0 Å². The van der Waals surface area contributed by atoms with Gasteiger partial charge in [-0.05, 0) is 26.2 Å². The number of nitrogens with zero attached hydrogens (tertiary/aromatic N) is 3. The van der Waals surface area contributed by atoms with E-state index in [9.17, 15) is 5.11 Å². The molecular formula is C12H17N3O. The number of aliphatic hydroxyl groups excluding tert-OH is 1. The Morgan fingerprint density at radius 2 is 2.44 bits per heavy atom. The van der Waals surface area contributed by atoms with E-state index >= 15 is 0 Å². The molecule has 1 aromatic rings. The maximum Gasteiger partial charge on any atom is 0.114 e. The molecule has 0 radical (unpaired) electrons. The zero-order valence-corrected chi connectivity index (χ0v) is 9.72. The number of nitriles is 1. The van der Waals surface area contributed by atoms with Gasteiger partial charge in [0, 0.05) is 6.04 Å². The molecule has 1 aliphatic carbocycles. The Morgan fingerprint density at radius 1 is 1.75 bits per heavy atom. The summed E-state index contributed by atoms with van der Waals surface area (Å²) in [6.07, 6.45) is 5.58. The van der Waals surface area contributed by atoms with Gasteiger partial charge in [-0.15, -0.1) is 0 Å². The topological polar surface area (TPSA) is 61.8 Å². The van der Waals surface area contributed by atoms with Crippen molar-refractivity contribution in [1.29, 1.82) is 5.26 Å². The quantitative estimate of drug-likeness (QED) is 0.844. The van der Waals surface area contributed by atoms with Crippen LogP contribution in [0.1, 0.15) is 50.9 Å². The summed E-state index contributed by atoms with van der Waals surface area (Å²) >= 11 is 0. The van der Waals surface area contributed by atoms with Crippen LogP contribution in [0.15, 0.2) is 12.5 Å². The van der Waals surface area contributed by atoms with Crippen LogP contribution in [-0.2, 0) is 0 Å². The average molecular weight is 219 g/mol. The fourth-order valence-corrected chi connectivity index (χ4v) is 1.84. The van der Waals surface area contributed by atoms with Crippen molar-refractivity contribution in [1.82, 2.24) is 9.55 Å². The minimum atomic E-state index is -0.759. The highest BCUT2D eigenvalue weighted by molar-refractivity contribution is 5.15. The van der Waals surface area contributed by atoms with E-state index in [1.165, 1.54) is 0 Å². The van der Waals surface area contributed by atoms with Crippen molar-refractivity contribution in [3.63, 3.8) is 0 Å². The standard InChI is InChI=1S/C12H17N3O/c1-3-12(2,7-13)11(16)10-6-14-8-15(10)9-4-5-9/h6,8-9,11,16H,3-5H2,1-2H3. The van der Waals surface area contributed by atoms with Crippen LogP contribution in [0.25, 0.3) is 0 Å². The third-order valence-corrected chi connectivity index (χ3v) is 3.51. The molecule has 0 spiro atoms. The normalized spacial score (nSPS) is 21.1. The average Bonchev–Trinajstić information content (AvgIpc) is 3.05. The third kappa shape index (κ3) is 1.72. The number of aliphatic hydroxyl groups is 1. The molecule has 86 valence electrons. The molecule has 1 fully saturated rings. The van der Waals surface area contributed by atoms with E-state index in [-0.39, 0.29) is 0 Å². The molecule has 2 atom stereocenters. The summed E-state index contributed by atoms with van der Waals surface area (Å²) in [6, 6.07) is 2.69. The number of aromatic nitrogens is 2. The lowest BCUT2D eigenvalue weighted by atomic mass is 9.82. The molecule has 1 heterocycles. The minimum absolute atomic E-state index is 0.479. The molecule has 1 N–H and O–H groups in total. The van der Waals surface area contributed by atoms with Crippen LogP contribution < -0.4 is 0 Å². The van der Waals surface area contributed by atoms with E-state index in [0.29, 0.717) is 12.5 Å². The smallest absolute Gasteiger partial charge is 0.114 e. The summed E-state index contributed by atoms with van der Waals surface area (Å²) in [5.41, 5.74) is 0.0422. The van der Waals surface area contributed by atoms with E-state index in [1.54, 1.807) is 19.4 Å². The minimum Gasteiger partial charge on any atom is -0.385 e. The highest BCUT2D eigenvalue weighted by atomic mass is 16.3. The first kappa shape index (κ1) is 11.2. The van der Waals surface area contributed by atoms with Crippen LogP contribution in [0.4, 0.5) is 0 Å². The number of imidazole rings is 1. The number of hydrogen-bond donors (Lipinski definition) is 1. The molecule has 2 rings (SSSR count). The Bertz CT molecular complexity index is 416. The van der Waals surface area contributed by atoms with Gasteiger partial charge < -0.3 is 9.67 Å². The van der Waals surface area contributed by atoms with Gasteiger partial charge >= 0.3 is 0 Å². The van der Waals surface area contributed by atoms with Crippen molar-refractivity contribution in [2.75, 3.05) is 0 Å². The van der Waals surface area contributed by atoms with Crippen molar-refractivity contribution >= 4 is 0 Å². The molecule has 0 aromatic carbocycles. The van der Waals surface area contributed by atoms with Crippen molar-refractivity contribution in [3.8, 4) is 6.07 Å². The number of hydrogen-bond acceptors (Lipinski definition) is 3. The summed E-state index contributed by atoms with van der Waals surface area (Å²) in [5.74, 6) is 0. The van der Waals surface area contributed by atoms with Gasteiger partial charge in [0.2, 0.25) is 0 Å². The number of rotatable bonds is 4. The molecule has 1 aromatic heterocycles. The van der Waals surface area contributed by atoms with E-state index in [1.807, 2.05) is 11.5 Å². The monoisotopic (exact) mass is 219 g/mol. The fourth-order valence-electron chi connectivity index (χ4n) is 1.84. The predicted octanol–water partition coefficient (Wildman–Crippen LogP) is 2.19. The van der Waals surface area contributed by atoms with Crippen molar-refractivity contribution in [3.05, 3.63) is 18.2 Å². The Labute approximate surface area is 95.5 Å². The van der Waals surface area contributed by atoms with Crippen LogP contribution in [0.3, 0.4) is 0 Å². The van der Waals surface area contributed by atoms with Crippen molar-refractivity contribution in [2.24, 2.45) is 5.41 Å². The molecule has 0 bridgehead atoms. The lowest BCUT2D eigenvalue weighted by Gasteiger charge is -2.26. The van der Waals surface area contributed by atoms with E-state index in [4.69, 9.17) is 5.26 Å². The van der Waals surface area contributed by atoms with Crippen LogP contribution in [0, 0.1) is 16.7 Å². The summed E-state index contributed by atoms with van der Waals surface area (Å²) in [5, 5.41) is 19.5. The summed E-state index contributed by atoms with van der Waals surface area (Å²) in [6.45, 7) is 3.71. The van der Waals surface area contributed by atoms with Crippen LogP contribution in [-0.4, -0.2) is 14.7 Å². The maximum atomic E-state index is 10.3. The van der Waals surface area contributed by atoms with Gasteiger partial charge in [0.25, 0.3) is 0 Å². The fraction of sp³-hybridized carbons (Fsp3) is 0.667. The summed E-state index contributed by atoms with van der Waals surface area (Å²) in [7, 11) is 0. The highest BCUT2D eigenvalue weighted by Crippen LogP contribution is 2.41. The lowest BCUT2D eigenvalue weighted by molar-refractivity contribution is 0.0650. The highest BCUT2D eigenvalue weighted by Gasteiger charge is 2.36. The predicted molar refractivity (Wildman–Crippen MR) is 59.5 cm³/mol. The molecule has 4 heteroatoms. The van der Waals surface area contributed by atoms with Crippen LogP contribution in [0.2, 0.25) is 0 Å². The molecule has 0 aliphatic heterocycles. The Hall–Kier alpha value is -1.34. The summed E-state index contributed by atoms with van der Waals surface area (Å²) in [4.78, 5) is 4.08. The Kier molecular flexibility index (Phi) is 2.73. The molecule has 0 saturated heterocycles. The van der Waals surface area contributed by atoms with E-state index in [0.717, 1.165) is 18.5 Å².